The quantitative estimate of drug-likeness (QED) is 0.751. The first-order valence-electron chi connectivity index (χ1n) is 10.6. The third-order valence-electron chi connectivity index (χ3n) is 6.10. The molecule has 1 aliphatic carbocycles. The SMILES string of the molecule is Cc1ccc(-c2c(C)c(C(=O)NCC3CCCCC3)cc(=O)n2C(C)C(=O)O)cc1. The van der Waals surface area contributed by atoms with Crippen molar-refractivity contribution in [2.24, 2.45) is 5.92 Å². The lowest BCUT2D eigenvalue weighted by Gasteiger charge is -2.23. The van der Waals surface area contributed by atoms with Gasteiger partial charge in [0.15, 0.2) is 0 Å². The smallest absolute Gasteiger partial charge is 0.326 e. The van der Waals surface area contributed by atoms with Gasteiger partial charge in [0.25, 0.3) is 11.5 Å². The van der Waals surface area contributed by atoms with E-state index >= 15 is 0 Å². The standard InChI is InChI=1S/C24H30N2O4/c1-15-9-11-19(12-10-15)22-16(2)20(13-21(27)26(22)17(3)24(29)30)23(28)25-14-18-7-5-4-6-8-18/h9-13,17-18H,4-8,14H2,1-3H3,(H,25,28)(H,29,30). The molecule has 3 rings (SSSR count). The first kappa shape index (κ1) is 21.8. The Hall–Kier alpha value is -2.89. The number of pyridine rings is 1. The highest BCUT2D eigenvalue weighted by atomic mass is 16.4. The van der Waals surface area contributed by atoms with Gasteiger partial charge in [0.05, 0.1) is 5.69 Å². The number of aliphatic carboxylic acids is 1. The number of amides is 1. The van der Waals surface area contributed by atoms with E-state index in [4.69, 9.17) is 0 Å². The van der Waals surface area contributed by atoms with Crippen LogP contribution in [-0.2, 0) is 4.79 Å². The van der Waals surface area contributed by atoms with Gasteiger partial charge in [0, 0.05) is 18.2 Å². The summed E-state index contributed by atoms with van der Waals surface area (Å²) in [6.07, 6.45) is 5.88. The predicted octanol–water partition coefficient (Wildman–Crippen LogP) is 4.09. The molecule has 1 aromatic heterocycles. The average Bonchev–Trinajstić information content (AvgIpc) is 2.74. The summed E-state index contributed by atoms with van der Waals surface area (Å²) in [5, 5.41) is 12.5. The Morgan fingerprint density at radius 1 is 1.13 bits per heavy atom. The fourth-order valence-corrected chi connectivity index (χ4v) is 4.24. The second-order valence-corrected chi connectivity index (χ2v) is 8.33. The molecular formula is C24H30N2O4. The van der Waals surface area contributed by atoms with Crippen LogP contribution in [0.5, 0.6) is 0 Å². The molecule has 1 heterocycles. The van der Waals surface area contributed by atoms with Crippen LogP contribution < -0.4 is 10.9 Å². The molecule has 0 bridgehead atoms. The maximum atomic E-state index is 12.9. The molecule has 1 aromatic carbocycles. The molecule has 1 atom stereocenters. The van der Waals surface area contributed by atoms with E-state index in [9.17, 15) is 19.5 Å². The summed E-state index contributed by atoms with van der Waals surface area (Å²) >= 11 is 0. The van der Waals surface area contributed by atoms with Crippen LogP contribution in [0.15, 0.2) is 35.1 Å². The lowest BCUT2D eigenvalue weighted by atomic mass is 9.89. The molecule has 0 spiro atoms. The Balaban J connectivity index is 2.02. The zero-order valence-corrected chi connectivity index (χ0v) is 17.9. The molecule has 1 fully saturated rings. The number of nitrogens with one attached hydrogen (secondary N) is 1. The highest BCUT2D eigenvalue weighted by Crippen LogP contribution is 2.28. The van der Waals surface area contributed by atoms with E-state index in [-0.39, 0.29) is 5.91 Å². The maximum absolute atomic E-state index is 12.9. The van der Waals surface area contributed by atoms with E-state index in [1.807, 2.05) is 31.2 Å². The van der Waals surface area contributed by atoms with E-state index in [1.165, 1.54) is 36.8 Å². The monoisotopic (exact) mass is 410 g/mol. The first-order valence-corrected chi connectivity index (χ1v) is 10.6. The fraction of sp³-hybridized carbons (Fsp3) is 0.458. The van der Waals surface area contributed by atoms with Crippen molar-refractivity contribution in [1.82, 2.24) is 9.88 Å². The third kappa shape index (κ3) is 4.64. The number of carbonyl (C=O) groups is 2. The van der Waals surface area contributed by atoms with Crippen LogP contribution in [0.25, 0.3) is 11.3 Å². The van der Waals surface area contributed by atoms with Gasteiger partial charge in [-0.3, -0.25) is 14.2 Å². The van der Waals surface area contributed by atoms with Gasteiger partial charge in [-0.2, -0.15) is 0 Å². The summed E-state index contributed by atoms with van der Waals surface area (Å²) in [4.78, 5) is 37.5. The minimum atomic E-state index is -1.10. The van der Waals surface area contributed by atoms with Gasteiger partial charge < -0.3 is 10.4 Å². The normalized spacial score (nSPS) is 15.6. The Morgan fingerprint density at radius 2 is 1.77 bits per heavy atom. The zero-order chi connectivity index (χ0) is 21.8. The van der Waals surface area contributed by atoms with Gasteiger partial charge in [-0.1, -0.05) is 49.1 Å². The Labute approximate surface area is 176 Å². The Kier molecular flexibility index (Phi) is 6.75. The molecule has 1 saturated carbocycles. The van der Waals surface area contributed by atoms with Crippen LogP contribution in [0, 0.1) is 19.8 Å². The van der Waals surface area contributed by atoms with Gasteiger partial charge >= 0.3 is 5.97 Å². The number of aryl methyl sites for hydroxylation is 1. The lowest BCUT2D eigenvalue weighted by molar-refractivity contribution is -0.140. The largest absolute Gasteiger partial charge is 0.480 e. The van der Waals surface area contributed by atoms with Crippen molar-refractivity contribution in [3.8, 4) is 11.3 Å². The number of nitrogens with zero attached hydrogens (tertiary/aromatic N) is 1. The lowest BCUT2D eigenvalue weighted by Crippen LogP contribution is -2.35. The van der Waals surface area contributed by atoms with Gasteiger partial charge in [-0.25, -0.2) is 4.79 Å². The van der Waals surface area contributed by atoms with Crippen molar-refractivity contribution in [3.63, 3.8) is 0 Å². The van der Waals surface area contributed by atoms with Crippen LogP contribution in [-0.4, -0.2) is 28.1 Å². The summed E-state index contributed by atoms with van der Waals surface area (Å²) in [5.41, 5.74) is 2.66. The van der Waals surface area contributed by atoms with Crippen molar-refractivity contribution in [3.05, 3.63) is 57.4 Å². The molecule has 1 amide bonds. The van der Waals surface area contributed by atoms with Crippen molar-refractivity contribution in [1.29, 1.82) is 0 Å². The van der Waals surface area contributed by atoms with Crippen LogP contribution in [0.3, 0.4) is 0 Å². The van der Waals surface area contributed by atoms with Gasteiger partial charge in [0.1, 0.15) is 6.04 Å². The fourth-order valence-electron chi connectivity index (χ4n) is 4.24. The van der Waals surface area contributed by atoms with Gasteiger partial charge in [-0.05, 0) is 50.7 Å². The van der Waals surface area contributed by atoms with E-state index in [0.717, 1.165) is 18.4 Å². The summed E-state index contributed by atoms with van der Waals surface area (Å²) in [7, 11) is 0. The van der Waals surface area contributed by atoms with E-state index < -0.39 is 17.6 Å². The molecule has 160 valence electrons. The van der Waals surface area contributed by atoms with E-state index in [1.54, 1.807) is 6.92 Å². The number of hydrogen-bond acceptors (Lipinski definition) is 3. The van der Waals surface area contributed by atoms with Gasteiger partial charge in [0.2, 0.25) is 0 Å². The van der Waals surface area contributed by atoms with Crippen LogP contribution >= 0.6 is 0 Å². The highest BCUT2D eigenvalue weighted by Gasteiger charge is 2.25. The topological polar surface area (TPSA) is 88.4 Å². The molecule has 0 saturated heterocycles. The van der Waals surface area contributed by atoms with Crippen molar-refractivity contribution >= 4 is 11.9 Å². The number of carboxylic acids is 1. The number of hydrogen-bond donors (Lipinski definition) is 2. The molecule has 0 radical (unpaired) electrons. The van der Waals surface area contributed by atoms with Crippen molar-refractivity contribution in [2.75, 3.05) is 6.54 Å². The molecule has 0 aliphatic heterocycles. The summed E-state index contributed by atoms with van der Waals surface area (Å²) in [6, 6.07) is 7.74. The number of benzene rings is 1. The number of rotatable bonds is 6. The minimum absolute atomic E-state index is 0.279. The molecule has 2 aromatic rings. The number of carbonyl (C=O) groups excluding carboxylic acids is 1. The molecular weight excluding hydrogens is 380 g/mol. The second kappa shape index (κ2) is 9.28. The molecule has 1 aliphatic rings. The average molecular weight is 411 g/mol. The maximum Gasteiger partial charge on any atom is 0.326 e. The summed E-state index contributed by atoms with van der Waals surface area (Å²) in [5.74, 6) is -0.898. The van der Waals surface area contributed by atoms with Crippen LogP contribution in [0.2, 0.25) is 0 Å². The predicted molar refractivity (Wildman–Crippen MR) is 117 cm³/mol. The first-order chi connectivity index (χ1) is 14.3. The molecule has 6 nitrogen and oxygen atoms in total. The van der Waals surface area contributed by atoms with Crippen LogP contribution in [0.1, 0.15) is 66.6 Å². The van der Waals surface area contributed by atoms with Crippen molar-refractivity contribution in [2.45, 2.75) is 58.9 Å². The van der Waals surface area contributed by atoms with Crippen LogP contribution in [0.4, 0.5) is 0 Å². The third-order valence-corrected chi connectivity index (χ3v) is 6.10. The Bertz CT molecular complexity index is 986. The molecule has 1 unspecified atom stereocenters. The molecule has 30 heavy (non-hydrogen) atoms. The number of aromatic nitrogens is 1. The number of carboxylic acid groups (broad SMARTS) is 1. The molecule has 6 heteroatoms. The molecule has 2 N–H and O–H groups in total. The zero-order valence-electron chi connectivity index (χ0n) is 17.9. The van der Waals surface area contributed by atoms with Crippen molar-refractivity contribution < 1.29 is 14.7 Å². The van der Waals surface area contributed by atoms with Gasteiger partial charge in [-0.15, -0.1) is 0 Å². The summed E-state index contributed by atoms with van der Waals surface area (Å²) < 4.78 is 1.26. The summed E-state index contributed by atoms with van der Waals surface area (Å²) in [6.45, 7) is 5.81. The minimum Gasteiger partial charge on any atom is -0.480 e. The second-order valence-electron chi connectivity index (χ2n) is 8.33. The van der Waals surface area contributed by atoms with E-state index in [0.29, 0.717) is 34.8 Å². The highest BCUT2D eigenvalue weighted by molar-refractivity contribution is 5.97. The Morgan fingerprint density at radius 3 is 2.37 bits per heavy atom. The van der Waals surface area contributed by atoms with E-state index in [2.05, 4.69) is 5.32 Å².